The highest BCUT2D eigenvalue weighted by Gasteiger charge is 2.13. The molecule has 0 radical (unpaired) electrons. The number of ether oxygens (including phenoxy) is 1. The smallest absolute Gasteiger partial charge is 0.413 e. The third-order valence-corrected chi connectivity index (χ3v) is 2.86. The number of carbonyl (C=O) groups excluding carboxylic acids is 1. The molecule has 0 fully saturated rings. The number of hydrogen-bond donors (Lipinski definition) is 1. The number of nitrogens with one attached hydrogen (secondary N) is 1. The van der Waals surface area contributed by atoms with E-state index in [1.54, 1.807) is 6.20 Å². The molecular formula is C13H17N3O2. The molecule has 0 atom stereocenters. The third kappa shape index (κ3) is 2.45. The molecule has 0 saturated carbocycles. The summed E-state index contributed by atoms with van der Waals surface area (Å²) >= 11 is 0. The van der Waals surface area contributed by atoms with Gasteiger partial charge in [-0.3, -0.25) is 5.32 Å². The van der Waals surface area contributed by atoms with Gasteiger partial charge in [0.05, 0.1) is 19.0 Å². The van der Waals surface area contributed by atoms with Gasteiger partial charge in [0.25, 0.3) is 0 Å². The van der Waals surface area contributed by atoms with Crippen LogP contribution < -0.4 is 5.32 Å². The molecule has 0 aromatic carbocycles. The van der Waals surface area contributed by atoms with Crippen molar-refractivity contribution >= 4 is 17.6 Å². The van der Waals surface area contributed by atoms with Crippen molar-refractivity contribution in [2.24, 2.45) is 0 Å². The van der Waals surface area contributed by atoms with Crippen molar-refractivity contribution in [3.63, 3.8) is 0 Å². The van der Waals surface area contributed by atoms with E-state index in [2.05, 4.69) is 33.3 Å². The lowest BCUT2D eigenvalue weighted by atomic mass is 10.0. The van der Waals surface area contributed by atoms with Crippen LogP contribution in [0.2, 0.25) is 0 Å². The SMILES string of the molecule is CCn1c(C2=CCCC=C2)cnc1NC(=O)OC. The summed E-state index contributed by atoms with van der Waals surface area (Å²) in [4.78, 5) is 15.4. The molecule has 0 spiro atoms. The molecule has 2 rings (SSSR count). The van der Waals surface area contributed by atoms with Crippen molar-refractivity contribution in [3.8, 4) is 0 Å². The summed E-state index contributed by atoms with van der Waals surface area (Å²) in [5.41, 5.74) is 2.16. The number of allylic oxidation sites excluding steroid dienone is 4. The molecule has 1 aromatic rings. The molecule has 0 unspecified atom stereocenters. The highest BCUT2D eigenvalue weighted by atomic mass is 16.5. The fourth-order valence-corrected chi connectivity index (χ4v) is 1.97. The van der Waals surface area contributed by atoms with Gasteiger partial charge in [0, 0.05) is 6.54 Å². The number of hydrogen-bond acceptors (Lipinski definition) is 3. The van der Waals surface area contributed by atoms with Gasteiger partial charge in [-0.05, 0) is 25.3 Å². The maximum absolute atomic E-state index is 11.2. The van der Waals surface area contributed by atoms with Crippen LogP contribution in [0.15, 0.2) is 24.4 Å². The summed E-state index contributed by atoms with van der Waals surface area (Å²) in [6.45, 7) is 2.75. The number of anilines is 1. The van der Waals surface area contributed by atoms with E-state index < -0.39 is 6.09 Å². The van der Waals surface area contributed by atoms with Crippen molar-refractivity contribution in [2.75, 3.05) is 12.4 Å². The molecule has 18 heavy (non-hydrogen) atoms. The van der Waals surface area contributed by atoms with Gasteiger partial charge >= 0.3 is 6.09 Å². The van der Waals surface area contributed by atoms with E-state index in [9.17, 15) is 4.79 Å². The minimum atomic E-state index is -0.505. The molecule has 96 valence electrons. The zero-order valence-electron chi connectivity index (χ0n) is 10.6. The van der Waals surface area contributed by atoms with Crippen molar-refractivity contribution in [2.45, 2.75) is 26.3 Å². The summed E-state index contributed by atoms with van der Waals surface area (Å²) in [6, 6.07) is 0. The topological polar surface area (TPSA) is 56.2 Å². The number of carbonyl (C=O) groups is 1. The Balaban J connectivity index is 2.29. The fraction of sp³-hybridized carbons (Fsp3) is 0.385. The first-order valence-electron chi connectivity index (χ1n) is 6.03. The van der Waals surface area contributed by atoms with E-state index in [-0.39, 0.29) is 0 Å². The van der Waals surface area contributed by atoms with E-state index in [0.29, 0.717) is 5.95 Å². The van der Waals surface area contributed by atoms with Gasteiger partial charge in [-0.1, -0.05) is 18.2 Å². The number of methoxy groups -OCH3 is 1. The Morgan fingerprint density at radius 2 is 2.39 bits per heavy atom. The molecule has 1 amide bonds. The minimum absolute atomic E-state index is 0.505. The van der Waals surface area contributed by atoms with Gasteiger partial charge < -0.3 is 9.30 Å². The molecule has 1 aromatic heterocycles. The fourth-order valence-electron chi connectivity index (χ4n) is 1.97. The second-order valence-corrected chi connectivity index (χ2v) is 3.97. The summed E-state index contributed by atoms with van der Waals surface area (Å²) in [7, 11) is 1.34. The molecule has 1 aliphatic rings. The predicted octanol–water partition coefficient (Wildman–Crippen LogP) is 2.81. The quantitative estimate of drug-likeness (QED) is 0.893. The monoisotopic (exact) mass is 247 g/mol. The van der Waals surface area contributed by atoms with E-state index in [1.807, 2.05) is 11.5 Å². The number of aromatic nitrogens is 2. The van der Waals surface area contributed by atoms with Gasteiger partial charge in [-0.15, -0.1) is 0 Å². The lowest BCUT2D eigenvalue weighted by molar-refractivity contribution is 0.186. The molecule has 1 heterocycles. The molecule has 0 aliphatic heterocycles. The summed E-state index contributed by atoms with van der Waals surface area (Å²) < 4.78 is 6.53. The first-order valence-corrected chi connectivity index (χ1v) is 6.03. The maximum Gasteiger partial charge on any atom is 0.413 e. The highest BCUT2D eigenvalue weighted by Crippen LogP contribution is 2.24. The Hall–Kier alpha value is -2.04. The van der Waals surface area contributed by atoms with Gasteiger partial charge in [-0.2, -0.15) is 0 Å². The summed E-state index contributed by atoms with van der Waals surface area (Å²) in [5, 5.41) is 2.61. The molecule has 0 saturated heterocycles. The van der Waals surface area contributed by atoms with Crippen LogP contribution in [-0.4, -0.2) is 22.8 Å². The van der Waals surface area contributed by atoms with Crippen LogP contribution in [0.25, 0.3) is 5.57 Å². The average molecular weight is 247 g/mol. The maximum atomic E-state index is 11.2. The summed E-state index contributed by atoms with van der Waals surface area (Å²) in [5.74, 6) is 0.513. The standard InChI is InChI=1S/C13H17N3O2/c1-3-16-11(10-7-5-4-6-8-10)9-14-12(16)15-13(17)18-2/h5,7-9H,3-4,6H2,1-2H3,(H,14,15,17). The van der Waals surface area contributed by atoms with E-state index in [4.69, 9.17) is 0 Å². The van der Waals surface area contributed by atoms with E-state index >= 15 is 0 Å². The van der Waals surface area contributed by atoms with E-state index in [1.165, 1.54) is 7.11 Å². The van der Waals surface area contributed by atoms with Gasteiger partial charge in [0.2, 0.25) is 5.95 Å². The van der Waals surface area contributed by atoms with Gasteiger partial charge in [0.15, 0.2) is 0 Å². The lowest BCUT2D eigenvalue weighted by Gasteiger charge is -2.12. The largest absolute Gasteiger partial charge is 0.453 e. The normalized spacial score (nSPS) is 14.2. The van der Waals surface area contributed by atoms with E-state index in [0.717, 1.165) is 30.7 Å². The molecule has 0 bridgehead atoms. The van der Waals surface area contributed by atoms with Crippen LogP contribution in [-0.2, 0) is 11.3 Å². The molecule has 1 aliphatic carbocycles. The van der Waals surface area contributed by atoms with Crippen molar-refractivity contribution in [3.05, 3.63) is 30.1 Å². The van der Waals surface area contributed by atoms with Crippen LogP contribution in [0.3, 0.4) is 0 Å². The Labute approximate surface area is 106 Å². The molecule has 5 nitrogen and oxygen atoms in total. The second kappa shape index (κ2) is 5.53. The molecule has 1 N–H and O–H groups in total. The van der Waals surface area contributed by atoms with Crippen molar-refractivity contribution < 1.29 is 9.53 Å². The summed E-state index contributed by atoms with van der Waals surface area (Å²) in [6.07, 6.45) is 9.82. The number of amides is 1. The zero-order chi connectivity index (χ0) is 13.0. The average Bonchev–Trinajstić information content (AvgIpc) is 2.82. The number of imidazole rings is 1. The van der Waals surface area contributed by atoms with Crippen LogP contribution in [0, 0.1) is 0 Å². The van der Waals surface area contributed by atoms with Crippen molar-refractivity contribution in [1.29, 1.82) is 0 Å². The van der Waals surface area contributed by atoms with Crippen LogP contribution >= 0.6 is 0 Å². The van der Waals surface area contributed by atoms with Crippen LogP contribution in [0.5, 0.6) is 0 Å². The lowest BCUT2D eigenvalue weighted by Crippen LogP contribution is -2.15. The van der Waals surface area contributed by atoms with Gasteiger partial charge in [0.1, 0.15) is 0 Å². The Morgan fingerprint density at radius 1 is 1.56 bits per heavy atom. The predicted molar refractivity (Wildman–Crippen MR) is 70.3 cm³/mol. The van der Waals surface area contributed by atoms with Gasteiger partial charge in [-0.25, -0.2) is 9.78 Å². The Bertz CT molecular complexity index is 500. The highest BCUT2D eigenvalue weighted by molar-refractivity contribution is 5.83. The number of rotatable bonds is 3. The molecule has 5 heteroatoms. The Kier molecular flexibility index (Phi) is 3.82. The first kappa shape index (κ1) is 12.4. The van der Waals surface area contributed by atoms with Crippen LogP contribution in [0.1, 0.15) is 25.5 Å². The zero-order valence-corrected chi connectivity index (χ0v) is 10.6. The third-order valence-electron chi connectivity index (χ3n) is 2.86. The van der Waals surface area contributed by atoms with Crippen LogP contribution in [0.4, 0.5) is 10.7 Å². The van der Waals surface area contributed by atoms with Crippen molar-refractivity contribution in [1.82, 2.24) is 9.55 Å². The second-order valence-electron chi connectivity index (χ2n) is 3.97. The minimum Gasteiger partial charge on any atom is -0.453 e. The number of nitrogens with zero attached hydrogens (tertiary/aromatic N) is 2. The first-order chi connectivity index (χ1) is 8.76. The Morgan fingerprint density at radius 3 is 3.00 bits per heavy atom. The molecular weight excluding hydrogens is 230 g/mol.